The van der Waals surface area contributed by atoms with Gasteiger partial charge in [0.05, 0.1) is 0 Å². The highest BCUT2D eigenvalue weighted by atomic mass is 16.1. The number of aromatic amines is 1. The van der Waals surface area contributed by atoms with Gasteiger partial charge < -0.3 is 15.2 Å². The third-order valence-electron chi connectivity index (χ3n) is 4.35. The van der Waals surface area contributed by atoms with Crippen molar-refractivity contribution in [3.8, 4) is 0 Å². The lowest BCUT2D eigenvalue weighted by Gasteiger charge is -2.30. The molecule has 0 unspecified atom stereocenters. The van der Waals surface area contributed by atoms with Gasteiger partial charge in [-0.2, -0.15) is 0 Å². The molecule has 2 N–H and O–H groups in total. The van der Waals surface area contributed by atoms with Crippen molar-refractivity contribution in [2.45, 2.75) is 38.5 Å². The molecule has 2 aliphatic rings. The summed E-state index contributed by atoms with van der Waals surface area (Å²) in [5, 5.41) is 3.40. The Morgan fingerprint density at radius 2 is 2.05 bits per heavy atom. The van der Waals surface area contributed by atoms with Crippen LogP contribution in [0.15, 0.2) is 10.9 Å². The molecule has 3 rings (SSSR count). The summed E-state index contributed by atoms with van der Waals surface area (Å²) in [4.78, 5) is 21.7. The minimum absolute atomic E-state index is 0.0133. The average molecular weight is 276 g/mol. The number of nitrogens with one attached hydrogen (secondary N) is 2. The van der Waals surface area contributed by atoms with Gasteiger partial charge in [-0.05, 0) is 51.6 Å². The van der Waals surface area contributed by atoms with Gasteiger partial charge in [0.2, 0.25) is 0 Å². The van der Waals surface area contributed by atoms with E-state index < -0.39 is 0 Å². The maximum absolute atomic E-state index is 11.8. The minimum Gasteiger partial charge on any atom is -0.356 e. The molecule has 1 aliphatic carbocycles. The van der Waals surface area contributed by atoms with Crippen LogP contribution >= 0.6 is 0 Å². The lowest BCUT2D eigenvalue weighted by atomic mass is 9.97. The molecule has 20 heavy (non-hydrogen) atoms. The van der Waals surface area contributed by atoms with Gasteiger partial charge in [-0.25, -0.2) is 4.98 Å². The number of hydrogen-bond donors (Lipinski definition) is 2. The summed E-state index contributed by atoms with van der Waals surface area (Å²) in [6.07, 6.45) is 4.75. The molecule has 1 aromatic rings. The first-order valence-electron chi connectivity index (χ1n) is 7.83. The zero-order valence-electron chi connectivity index (χ0n) is 12.2. The van der Waals surface area contributed by atoms with Gasteiger partial charge in [0, 0.05) is 25.1 Å². The highest BCUT2D eigenvalue weighted by Crippen LogP contribution is 2.37. The van der Waals surface area contributed by atoms with Gasteiger partial charge in [0.15, 0.2) is 0 Å². The molecular weight excluding hydrogens is 252 g/mol. The summed E-state index contributed by atoms with van der Waals surface area (Å²) in [6.45, 7) is 6.28. The van der Waals surface area contributed by atoms with Crippen LogP contribution in [0.5, 0.6) is 0 Å². The fraction of sp³-hybridized carbons (Fsp3) is 0.733. The van der Waals surface area contributed by atoms with Gasteiger partial charge in [0.1, 0.15) is 11.6 Å². The summed E-state index contributed by atoms with van der Waals surface area (Å²) < 4.78 is 0. The monoisotopic (exact) mass is 276 g/mol. The Balaban J connectivity index is 1.75. The molecule has 0 radical (unpaired) electrons. The smallest absolute Gasteiger partial charge is 0.252 e. The first-order valence-corrected chi connectivity index (χ1v) is 7.83. The lowest BCUT2D eigenvalue weighted by Crippen LogP contribution is -2.37. The molecular formula is C15H24N4O. The van der Waals surface area contributed by atoms with Gasteiger partial charge in [-0.3, -0.25) is 4.79 Å². The Morgan fingerprint density at radius 3 is 2.70 bits per heavy atom. The molecule has 110 valence electrons. The van der Waals surface area contributed by atoms with E-state index in [1.807, 2.05) is 0 Å². The number of H-pyrrole nitrogens is 1. The van der Waals surface area contributed by atoms with Crippen LogP contribution in [-0.4, -0.2) is 36.1 Å². The van der Waals surface area contributed by atoms with E-state index in [0.717, 1.165) is 50.7 Å². The van der Waals surface area contributed by atoms with Crippen molar-refractivity contribution in [2.24, 2.45) is 5.92 Å². The predicted octanol–water partition coefficient (Wildman–Crippen LogP) is 1.47. The topological polar surface area (TPSA) is 61.0 Å². The molecule has 2 fully saturated rings. The number of hydrogen-bond acceptors (Lipinski definition) is 4. The van der Waals surface area contributed by atoms with Crippen LogP contribution in [0.25, 0.3) is 0 Å². The molecule has 1 saturated heterocycles. The van der Waals surface area contributed by atoms with Crippen LogP contribution < -0.4 is 15.8 Å². The van der Waals surface area contributed by atoms with E-state index in [4.69, 9.17) is 0 Å². The van der Waals surface area contributed by atoms with E-state index in [9.17, 15) is 4.79 Å². The van der Waals surface area contributed by atoms with E-state index >= 15 is 0 Å². The molecule has 1 aliphatic heterocycles. The van der Waals surface area contributed by atoms with Crippen LogP contribution in [0.2, 0.25) is 0 Å². The Hall–Kier alpha value is -1.36. The highest BCUT2D eigenvalue weighted by molar-refractivity contribution is 5.38. The van der Waals surface area contributed by atoms with Crippen molar-refractivity contribution >= 4 is 5.82 Å². The van der Waals surface area contributed by atoms with E-state index in [2.05, 4.69) is 27.1 Å². The average Bonchev–Trinajstić information content (AvgIpc) is 3.30. The van der Waals surface area contributed by atoms with Crippen molar-refractivity contribution in [1.82, 2.24) is 15.3 Å². The fourth-order valence-electron chi connectivity index (χ4n) is 2.94. The molecule has 2 heterocycles. The number of anilines is 1. The predicted molar refractivity (Wildman–Crippen MR) is 80.3 cm³/mol. The molecule has 0 aromatic carbocycles. The third kappa shape index (κ3) is 3.20. The zero-order valence-corrected chi connectivity index (χ0v) is 12.2. The SMILES string of the molecule is CCN(CC1CCNCC1)c1cc(=O)[nH]c(C2CC2)n1. The highest BCUT2D eigenvalue weighted by Gasteiger charge is 2.27. The molecule has 0 atom stereocenters. The zero-order chi connectivity index (χ0) is 13.9. The van der Waals surface area contributed by atoms with E-state index in [-0.39, 0.29) is 5.56 Å². The molecule has 5 nitrogen and oxygen atoms in total. The summed E-state index contributed by atoms with van der Waals surface area (Å²) in [6, 6.07) is 1.65. The normalized spacial score (nSPS) is 20.1. The van der Waals surface area contributed by atoms with Crippen molar-refractivity contribution in [1.29, 1.82) is 0 Å². The van der Waals surface area contributed by atoms with E-state index in [0.29, 0.717) is 11.8 Å². The van der Waals surface area contributed by atoms with E-state index in [1.54, 1.807) is 6.07 Å². The lowest BCUT2D eigenvalue weighted by molar-refractivity contribution is 0.374. The van der Waals surface area contributed by atoms with Gasteiger partial charge in [0.25, 0.3) is 5.56 Å². The summed E-state index contributed by atoms with van der Waals surface area (Å²) in [7, 11) is 0. The standard InChI is InChI=1S/C15H24N4O/c1-2-19(10-11-5-7-16-8-6-11)13-9-14(20)18-15(17-13)12-3-4-12/h9,11-12,16H,2-8,10H2,1H3,(H,17,18,20). The number of nitrogens with zero attached hydrogens (tertiary/aromatic N) is 2. The largest absolute Gasteiger partial charge is 0.356 e. The van der Waals surface area contributed by atoms with Crippen molar-refractivity contribution in [2.75, 3.05) is 31.1 Å². The van der Waals surface area contributed by atoms with Crippen LogP contribution in [-0.2, 0) is 0 Å². The Labute approximate surface area is 119 Å². The van der Waals surface area contributed by atoms with Crippen LogP contribution in [0, 0.1) is 5.92 Å². The molecule has 5 heteroatoms. The molecule has 1 saturated carbocycles. The Kier molecular flexibility index (Phi) is 4.05. The second kappa shape index (κ2) is 5.95. The summed E-state index contributed by atoms with van der Waals surface area (Å²) >= 11 is 0. The van der Waals surface area contributed by atoms with Crippen molar-refractivity contribution in [3.05, 3.63) is 22.2 Å². The van der Waals surface area contributed by atoms with Gasteiger partial charge >= 0.3 is 0 Å². The van der Waals surface area contributed by atoms with Crippen LogP contribution in [0.3, 0.4) is 0 Å². The van der Waals surface area contributed by atoms with E-state index in [1.165, 1.54) is 12.8 Å². The fourth-order valence-corrected chi connectivity index (χ4v) is 2.94. The third-order valence-corrected chi connectivity index (χ3v) is 4.35. The summed E-state index contributed by atoms with van der Waals surface area (Å²) in [5.41, 5.74) is -0.0133. The molecule has 0 bridgehead atoms. The maximum atomic E-state index is 11.8. The quantitative estimate of drug-likeness (QED) is 0.855. The number of aromatic nitrogens is 2. The van der Waals surface area contributed by atoms with Gasteiger partial charge in [-0.1, -0.05) is 0 Å². The van der Waals surface area contributed by atoms with Crippen LogP contribution in [0.1, 0.15) is 44.3 Å². The second-order valence-corrected chi connectivity index (χ2v) is 6.00. The number of rotatable bonds is 5. The summed E-state index contributed by atoms with van der Waals surface area (Å²) in [5.74, 6) is 2.94. The molecule has 0 amide bonds. The van der Waals surface area contributed by atoms with Crippen molar-refractivity contribution < 1.29 is 0 Å². The Morgan fingerprint density at radius 1 is 1.30 bits per heavy atom. The molecule has 1 aromatic heterocycles. The first kappa shape index (κ1) is 13.6. The van der Waals surface area contributed by atoms with Gasteiger partial charge in [-0.15, -0.1) is 0 Å². The van der Waals surface area contributed by atoms with Crippen LogP contribution in [0.4, 0.5) is 5.82 Å². The first-order chi connectivity index (χ1) is 9.76. The number of piperidine rings is 1. The molecule has 0 spiro atoms. The second-order valence-electron chi connectivity index (χ2n) is 6.00. The minimum atomic E-state index is -0.0133. The Bertz CT molecular complexity index is 503. The van der Waals surface area contributed by atoms with Crippen molar-refractivity contribution in [3.63, 3.8) is 0 Å². The maximum Gasteiger partial charge on any atom is 0.252 e.